The number of hydrogen-bond acceptors (Lipinski definition) is 0. The Morgan fingerprint density at radius 1 is 0.536 bits per heavy atom. The highest BCUT2D eigenvalue weighted by atomic mass is 31.1. The third-order valence-electron chi connectivity index (χ3n) is 5.57. The molecule has 0 N–H and O–H groups in total. The summed E-state index contributed by atoms with van der Waals surface area (Å²) in [5.74, 6) is 0. The van der Waals surface area contributed by atoms with E-state index in [-0.39, 0.29) is 15.8 Å². The third-order valence-corrected chi connectivity index (χ3v) is 8.51. The Labute approximate surface area is 171 Å². The van der Waals surface area contributed by atoms with Crippen molar-refractivity contribution in [2.75, 3.05) is 26.7 Å². The van der Waals surface area contributed by atoms with E-state index in [0.717, 1.165) is 0 Å². The highest BCUT2D eigenvalue weighted by Gasteiger charge is 2.22. The van der Waals surface area contributed by atoms with E-state index in [1.165, 1.54) is 43.8 Å². The van der Waals surface area contributed by atoms with Gasteiger partial charge in [0.1, 0.15) is 0 Å². The van der Waals surface area contributed by atoms with Crippen LogP contribution in [0.1, 0.15) is 11.1 Å². The van der Waals surface area contributed by atoms with Crippen molar-refractivity contribution in [2.45, 2.75) is 13.8 Å². The first kappa shape index (κ1) is 19.6. The molecule has 4 aromatic rings. The van der Waals surface area contributed by atoms with E-state index in [2.05, 4.69) is 101 Å². The molecule has 0 amide bonds. The Kier molecular flexibility index (Phi) is 5.30. The lowest BCUT2D eigenvalue weighted by molar-refractivity contribution is 1.52. The zero-order chi connectivity index (χ0) is 20.0. The lowest BCUT2D eigenvalue weighted by Crippen LogP contribution is -2.16. The molecule has 0 aliphatic carbocycles. The minimum Gasteiger partial charge on any atom is -0.0807 e. The van der Waals surface area contributed by atoms with Crippen LogP contribution in [0.25, 0.3) is 32.7 Å². The van der Waals surface area contributed by atoms with Crippen molar-refractivity contribution < 1.29 is 0 Å². The molecule has 2 heteroatoms. The number of benzene rings is 4. The summed E-state index contributed by atoms with van der Waals surface area (Å²) >= 11 is 0. The van der Waals surface area contributed by atoms with Crippen LogP contribution in [-0.2, 0) is 0 Å². The third kappa shape index (κ3) is 3.18. The Morgan fingerprint density at radius 3 is 1.25 bits per heavy atom. The summed E-state index contributed by atoms with van der Waals surface area (Å²) in [5.41, 5.74) is 5.83. The lowest BCUT2D eigenvalue weighted by atomic mass is 9.91. The van der Waals surface area contributed by atoms with Crippen molar-refractivity contribution in [1.82, 2.24) is 0 Å². The van der Waals surface area contributed by atoms with E-state index in [9.17, 15) is 0 Å². The van der Waals surface area contributed by atoms with Gasteiger partial charge in [-0.2, -0.15) is 0 Å². The summed E-state index contributed by atoms with van der Waals surface area (Å²) < 4.78 is 0. The van der Waals surface area contributed by atoms with Crippen molar-refractivity contribution in [3.05, 3.63) is 71.8 Å². The second-order valence-corrected chi connectivity index (χ2v) is 12.5. The molecular formula is C26H28P2. The fourth-order valence-corrected chi connectivity index (χ4v) is 7.51. The fourth-order valence-electron chi connectivity index (χ4n) is 4.61. The van der Waals surface area contributed by atoms with E-state index in [1.54, 1.807) is 10.6 Å². The molecule has 0 saturated carbocycles. The minimum absolute atomic E-state index is 0.224. The number of aryl methyl sites for hydroxylation is 2. The zero-order valence-corrected chi connectivity index (χ0v) is 19.5. The van der Waals surface area contributed by atoms with Crippen molar-refractivity contribution in [1.29, 1.82) is 0 Å². The van der Waals surface area contributed by atoms with Crippen LogP contribution >= 0.6 is 15.8 Å². The monoisotopic (exact) mass is 402 g/mol. The van der Waals surface area contributed by atoms with Gasteiger partial charge in [-0.3, -0.25) is 0 Å². The maximum Gasteiger partial charge on any atom is -0.00132 e. The van der Waals surface area contributed by atoms with Gasteiger partial charge in [0.2, 0.25) is 0 Å². The van der Waals surface area contributed by atoms with Crippen LogP contribution in [0.4, 0.5) is 0 Å². The maximum atomic E-state index is 2.40. The molecule has 0 aromatic heterocycles. The molecule has 0 bridgehead atoms. The Bertz CT molecular complexity index is 1090. The van der Waals surface area contributed by atoms with E-state index in [1.807, 2.05) is 0 Å². The first-order valence-corrected chi connectivity index (χ1v) is 14.3. The molecule has 142 valence electrons. The Balaban J connectivity index is 2.31. The van der Waals surface area contributed by atoms with Gasteiger partial charge in [-0.15, -0.1) is 0 Å². The molecule has 0 heterocycles. The van der Waals surface area contributed by atoms with Crippen LogP contribution in [-0.4, -0.2) is 26.7 Å². The molecule has 0 fully saturated rings. The first-order chi connectivity index (χ1) is 13.4. The van der Waals surface area contributed by atoms with E-state index in [4.69, 9.17) is 0 Å². The summed E-state index contributed by atoms with van der Waals surface area (Å²) in [7, 11) is -0.447. The summed E-state index contributed by atoms with van der Waals surface area (Å²) in [5, 5.41) is 8.61. The molecule has 0 saturated heterocycles. The van der Waals surface area contributed by atoms with Crippen molar-refractivity contribution in [3.63, 3.8) is 0 Å². The normalized spacial score (nSPS) is 11.9. The molecule has 4 rings (SSSR count). The largest absolute Gasteiger partial charge is 0.0807 e. The topological polar surface area (TPSA) is 0 Å². The second kappa shape index (κ2) is 7.59. The predicted octanol–water partition coefficient (Wildman–Crippen LogP) is 7.01. The van der Waals surface area contributed by atoms with Crippen LogP contribution in [0, 0.1) is 13.8 Å². The molecule has 0 nitrogen and oxygen atoms in total. The van der Waals surface area contributed by atoms with Gasteiger partial charge >= 0.3 is 0 Å². The second-order valence-electron chi connectivity index (χ2n) is 8.07. The van der Waals surface area contributed by atoms with Crippen LogP contribution in [0.2, 0.25) is 0 Å². The van der Waals surface area contributed by atoms with Gasteiger partial charge < -0.3 is 0 Å². The van der Waals surface area contributed by atoms with Crippen LogP contribution in [0.5, 0.6) is 0 Å². The zero-order valence-electron chi connectivity index (χ0n) is 17.7. The molecule has 28 heavy (non-hydrogen) atoms. The molecule has 0 spiro atoms. The molecular weight excluding hydrogens is 374 g/mol. The highest BCUT2D eigenvalue weighted by Crippen LogP contribution is 2.43. The summed E-state index contributed by atoms with van der Waals surface area (Å²) in [6.07, 6.45) is 0. The molecule has 0 radical (unpaired) electrons. The van der Waals surface area contributed by atoms with E-state index < -0.39 is 0 Å². The lowest BCUT2D eigenvalue weighted by Gasteiger charge is -2.25. The Morgan fingerprint density at radius 2 is 0.893 bits per heavy atom. The van der Waals surface area contributed by atoms with Crippen molar-refractivity contribution in [2.24, 2.45) is 0 Å². The number of rotatable bonds is 3. The van der Waals surface area contributed by atoms with E-state index >= 15 is 0 Å². The van der Waals surface area contributed by atoms with Gasteiger partial charge in [0, 0.05) is 0 Å². The maximum absolute atomic E-state index is 2.40. The molecule has 0 aliphatic rings. The van der Waals surface area contributed by atoms with Crippen LogP contribution in [0.15, 0.2) is 60.7 Å². The highest BCUT2D eigenvalue weighted by molar-refractivity contribution is 7.65. The quantitative estimate of drug-likeness (QED) is 0.323. The van der Waals surface area contributed by atoms with Crippen LogP contribution in [0.3, 0.4) is 0 Å². The summed E-state index contributed by atoms with van der Waals surface area (Å²) in [6, 6.07) is 22.6. The summed E-state index contributed by atoms with van der Waals surface area (Å²) in [4.78, 5) is 0. The SMILES string of the molecule is Cc1cc2ccccc2c(-c2c(P(C)C)c(C)cc3ccccc23)c1P(C)C. The minimum atomic E-state index is -0.224. The molecule has 0 unspecified atom stereocenters. The average Bonchev–Trinajstić information content (AvgIpc) is 2.65. The molecule has 4 aromatic carbocycles. The van der Waals surface area contributed by atoms with Crippen molar-refractivity contribution >= 4 is 48.0 Å². The number of fused-ring (bicyclic) bond motifs is 2. The van der Waals surface area contributed by atoms with Crippen LogP contribution < -0.4 is 10.6 Å². The molecule has 0 atom stereocenters. The fraction of sp³-hybridized carbons (Fsp3) is 0.231. The van der Waals surface area contributed by atoms with Gasteiger partial charge in [0.25, 0.3) is 0 Å². The van der Waals surface area contributed by atoms with Gasteiger partial charge in [-0.05, 0) is 94.9 Å². The predicted molar refractivity (Wildman–Crippen MR) is 133 cm³/mol. The van der Waals surface area contributed by atoms with Gasteiger partial charge in [0.05, 0.1) is 0 Å². The average molecular weight is 402 g/mol. The van der Waals surface area contributed by atoms with Gasteiger partial charge in [0.15, 0.2) is 0 Å². The summed E-state index contributed by atoms with van der Waals surface area (Å²) in [6.45, 7) is 14.2. The smallest absolute Gasteiger partial charge is 0.00132 e. The van der Waals surface area contributed by atoms with Crippen molar-refractivity contribution in [3.8, 4) is 11.1 Å². The van der Waals surface area contributed by atoms with E-state index in [0.29, 0.717) is 0 Å². The first-order valence-electron chi connectivity index (χ1n) is 9.80. The Hall–Kier alpha value is -1.74. The standard InChI is InChI=1S/C26H28P2/c1-17-15-19-11-7-9-13-21(19)23(25(17)27(3)4)24-22-14-10-8-12-20(22)16-18(2)26(24)28(5)6/h7-16H,1-6H3. The van der Waals surface area contributed by atoms with Gasteiger partial charge in [-0.1, -0.05) is 76.5 Å². The number of hydrogen-bond donors (Lipinski definition) is 0. The van der Waals surface area contributed by atoms with Gasteiger partial charge in [-0.25, -0.2) is 0 Å². The molecule has 0 aliphatic heterocycles.